The Bertz CT molecular complexity index is 1220. The second kappa shape index (κ2) is 9.17. The van der Waals surface area contributed by atoms with E-state index in [0.717, 1.165) is 16.7 Å². The number of carbonyl (C=O) groups excluding carboxylic acids is 1. The van der Waals surface area contributed by atoms with Crippen molar-refractivity contribution in [1.82, 2.24) is 14.8 Å². The van der Waals surface area contributed by atoms with E-state index in [2.05, 4.69) is 10.1 Å². The van der Waals surface area contributed by atoms with Gasteiger partial charge in [-0.15, -0.1) is 0 Å². The lowest BCUT2D eigenvalue weighted by Gasteiger charge is -2.22. The molecule has 2 aromatic carbocycles. The number of benzene rings is 2. The second-order valence-corrected chi connectivity index (χ2v) is 7.23. The molecule has 0 unspecified atom stereocenters. The normalized spacial score (nSPS) is 10.6. The van der Waals surface area contributed by atoms with Gasteiger partial charge in [0.05, 0.1) is 12.2 Å². The summed E-state index contributed by atoms with van der Waals surface area (Å²) in [7, 11) is 0. The van der Waals surface area contributed by atoms with Gasteiger partial charge in [-0.1, -0.05) is 66.2 Å². The van der Waals surface area contributed by atoms with E-state index >= 15 is 0 Å². The van der Waals surface area contributed by atoms with Crippen LogP contribution < -0.4 is 10.5 Å². The topological polar surface area (TPSA) is 68.1 Å². The number of aryl methyl sites for hydroxylation is 1. The van der Waals surface area contributed by atoms with Crippen LogP contribution in [0.4, 0.5) is 5.82 Å². The fourth-order valence-corrected chi connectivity index (χ4v) is 3.23. The molecule has 0 aliphatic carbocycles. The molecule has 0 bridgehead atoms. The monoisotopic (exact) mass is 410 g/mol. The third-order valence-electron chi connectivity index (χ3n) is 4.91. The molecule has 1 amide bonds. The predicted octanol–water partition coefficient (Wildman–Crippen LogP) is 3.85. The van der Waals surface area contributed by atoms with Crippen LogP contribution in [0.5, 0.6) is 0 Å². The molecule has 31 heavy (non-hydrogen) atoms. The van der Waals surface area contributed by atoms with E-state index in [0.29, 0.717) is 18.1 Å². The molecule has 154 valence electrons. The first-order chi connectivity index (χ1) is 15.1. The summed E-state index contributed by atoms with van der Waals surface area (Å²) in [6, 6.07) is 26.1. The van der Waals surface area contributed by atoms with Gasteiger partial charge in [-0.2, -0.15) is 5.10 Å². The zero-order valence-corrected chi connectivity index (χ0v) is 17.2. The van der Waals surface area contributed by atoms with Gasteiger partial charge in [-0.05, 0) is 30.7 Å². The number of amides is 1. The summed E-state index contributed by atoms with van der Waals surface area (Å²) in [6.45, 7) is 2.18. The molecule has 0 radical (unpaired) electrons. The summed E-state index contributed by atoms with van der Waals surface area (Å²) in [6.07, 6.45) is 1.64. The van der Waals surface area contributed by atoms with Gasteiger partial charge in [-0.3, -0.25) is 14.5 Å². The molecule has 2 heterocycles. The first-order valence-corrected chi connectivity index (χ1v) is 10.0. The molecule has 0 aliphatic rings. The van der Waals surface area contributed by atoms with Crippen molar-refractivity contribution < 1.29 is 4.79 Å². The SMILES string of the molecule is Cc1ccc(-c2ccc(=O)n(CC(=O)N(Cc3ccccc3)c3ccccn3)n2)cc1. The highest BCUT2D eigenvalue weighted by atomic mass is 16.2. The molecule has 0 saturated carbocycles. The molecular weight excluding hydrogens is 388 g/mol. The molecule has 0 spiro atoms. The second-order valence-electron chi connectivity index (χ2n) is 7.23. The van der Waals surface area contributed by atoms with Crippen molar-refractivity contribution in [3.05, 3.63) is 113 Å². The third-order valence-corrected chi connectivity index (χ3v) is 4.91. The number of nitrogens with zero attached hydrogens (tertiary/aromatic N) is 4. The lowest BCUT2D eigenvalue weighted by atomic mass is 10.1. The number of rotatable bonds is 6. The average molecular weight is 410 g/mol. The van der Waals surface area contributed by atoms with E-state index < -0.39 is 0 Å². The van der Waals surface area contributed by atoms with Crippen LogP contribution >= 0.6 is 0 Å². The Morgan fingerprint density at radius 2 is 1.65 bits per heavy atom. The van der Waals surface area contributed by atoms with Gasteiger partial charge in [0.25, 0.3) is 5.56 Å². The largest absolute Gasteiger partial charge is 0.291 e. The van der Waals surface area contributed by atoms with Gasteiger partial charge in [0, 0.05) is 17.8 Å². The van der Waals surface area contributed by atoms with Crippen molar-refractivity contribution in [2.45, 2.75) is 20.0 Å². The van der Waals surface area contributed by atoms with Gasteiger partial charge in [-0.25, -0.2) is 9.67 Å². The standard InChI is InChI=1S/C25H22N4O2/c1-19-10-12-21(13-11-19)22-14-15-24(30)29(27-22)18-25(31)28(23-9-5-6-16-26-23)17-20-7-3-2-4-8-20/h2-16H,17-18H2,1H3. The summed E-state index contributed by atoms with van der Waals surface area (Å²) in [5, 5.41) is 4.43. The molecule has 6 nitrogen and oxygen atoms in total. The number of aromatic nitrogens is 3. The first-order valence-electron chi connectivity index (χ1n) is 10.0. The van der Waals surface area contributed by atoms with Gasteiger partial charge in [0.2, 0.25) is 5.91 Å². The lowest BCUT2D eigenvalue weighted by Crippen LogP contribution is -2.37. The van der Waals surface area contributed by atoms with Crippen LogP contribution in [0.25, 0.3) is 11.3 Å². The van der Waals surface area contributed by atoms with Crippen molar-refractivity contribution in [1.29, 1.82) is 0 Å². The Balaban J connectivity index is 1.63. The Morgan fingerprint density at radius 1 is 0.903 bits per heavy atom. The van der Waals surface area contributed by atoms with E-state index in [1.807, 2.05) is 67.6 Å². The maximum Gasteiger partial charge on any atom is 0.267 e. The zero-order chi connectivity index (χ0) is 21.6. The molecule has 0 atom stereocenters. The number of pyridine rings is 1. The molecule has 4 aromatic rings. The molecular formula is C25H22N4O2. The number of carbonyl (C=O) groups is 1. The lowest BCUT2D eigenvalue weighted by molar-refractivity contribution is -0.119. The minimum absolute atomic E-state index is 0.179. The molecule has 0 saturated heterocycles. The summed E-state index contributed by atoms with van der Waals surface area (Å²) in [4.78, 5) is 31.6. The molecule has 2 aromatic heterocycles. The van der Waals surface area contributed by atoms with Crippen LogP contribution in [0.2, 0.25) is 0 Å². The van der Waals surface area contributed by atoms with E-state index in [1.54, 1.807) is 29.3 Å². The maximum atomic E-state index is 13.2. The minimum Gasteiger partial charge on any atom is -0.291 e. The predicted molar refractivity (Wildman–Crippen MR) is 121 cm³/mol. The molecule has 0 aliphatic heterocycles. The fraction of sp³-hybridized carbons (Fsp3) is 0.120. The van der Waals surface area contributed by atoms with E-state index in [1.165, 1.54) is 10.7 Å². The first kappa shape index (κ1) is 20.2. The Morgan fingerprint density at radius 3 is 2.35 bits per heavy atom. The van der Waals surface area contributed by atoms with Gasteiger partial charge in [0.1, 0.15) is 12.4 Å². The smallest absolute Gasteiger partial charge is 0.267 e. The van der Waals surface area contributed by atoms with Crippen molar-refractivity contribution in [3.8, 4) is 11.3 Å². The summed E-state index contributed by atoms with van der Waals surface area (Å²) < 4.78 is 1.21. The highest BCUT2D eigenvalue weighted by molar-refractivity contribution is 5.92. The Hall–Kier alpha value is -4.06. The summed E-state index contributed by atoms with van der Waals surface area (Å²) >= 11 is 0. The van der Waals surface area contributed by atoms with Gasteiger partial charge < -0.3 is 0 Å². The third kappa shape index (κ3) is 4.93. The van der Waals surface area contributed by atoms with E-state index in [-0.39, 0.29) is 18.0 Å². The summed E-state index contributed by atoms with van der Waals surface area (Å²) in [5.41, 5.74) is 3.30. The Kier molecular flexibility index (Phi) is 5.98. The minimum atomic E-state index is -0.329. The molecule has 0 N–H and O–H groups in total. The molecule has 6 heteroatoms. The van der Waals surface area contributed by atoms with Crippen LogP contribution in [0.3, 0.4) is 0 Å². The average Bonchev–Trinajstić information content (AvgIpc) is 2.81. The van der Waals surface area contributed by atoms with Crippen LogP contribution in [-0.4, -0.2) is 20.7 Å². The summed E-state index contributed by atoms with van der Waals surface area (Å²) in [5.74, 6) is 0.261. The zero-order valence-electron chi connectivity index (χ0n) is 17.2. The molecule has 4 rings (SSSR count). The van der Waals surface area contributed by atoms with Crippen LogP contribution in [0.1, 0.15) is 11.1 Å². The van der Waals surface area contributed by atoms with Crippen LogP contribution in [-0.2, 0) is 17.9 Å². The quantitative estimate of drug-likeness (QED) is 0.484. The van der Waals surface area contributed by atoms with Crippen molar-refractivity contribution >= 4 is 11.7 Å². The van der Waals surface area contributed by atoms with Crippen LogP contribution in [0, 0.1) is 6.92 Å². The van der Waals surface area contributed by atoms with Crippen molar-refractivity contribution in [2.24, 2.45) is 0 Å². The fourth-order valence-electron chi connectivity index (χ4n) is 3.23. The Labute approximate surface area is 180 Å². The maximum absolute atomic E-state index is 13.2. The van der Waals surface area contributed by atoms with Gasteiger partial charge in [0.15, 0.2) is 0 Å². The van der Waals surface area contributed by atoms with Crippen LogP contribution in [0.15, 0.2) is 95.9 Å². The van der Waals surface area contributed by atoms with E-state index in [4.69, 9.17) is 0 Å². The molecule has 0 fully saturated rings. The highest BCUT2D eigenvalue weighted by Gasteiger charge is 2.19. The van der Waals surface area contributed by atoms with Crippen molar-refractivity contribution in [2.75, 3.05) is 4.90 Å². The van der Waals surface area contributed by atoms with Gasteiger partial charge >= 0.3 is 0 Å². The number of anilines is 1. The van der Waals surface area contributed by atoms with E-state index in [9.17, 15) is 9.59 Å². The van der Waals surface area contributed by atoms with Crippen molar-refractivity contribution in [3.63, 3.8) is 0 Å². The number of hydrogen-bond acceptors (Lipinski definition) is 4. The number of hydrogen-bond donors (Lipinski definition) is 0. The highest BCUT2D eigenvalue weighted by Crippen LogP contribution is 2.17.